The molecule has 0 aliphatic heterocycles. The molecule has 0 aliphatic rings. The van der Waals surface area contributed by atoms with E-state index in [0.717, 1.165) is 5.56 Å². The zero-order valence-corrected chi connectivity index (χ0v) is 7.20. The number of nitrogen functional groups attached to an aromatic ring is 1. The summed E-state index contributed by atoms with van der Waals surface area (Å²) in [5, 5.41) is 8.51. The van der Waals surface area contributed by atoms with Crippen molar-refractivity contribution in [2.45, 2.75) is 6.42 Å². The molecule has 0 saturated heterocycles. The van der Waals surface area contributed by atoms with Crippen molar-refractivity contribution in [3.05, 3.63) is 35.7 Å². The van der Waals surface area contributed by atoms with E-state index in [-0.39, 0.29) is 12.3 Å². The second kappa shape index (κ2) is 4.62. The Morgan fingerprint density at radius 2 is 2.23 bits per heavy atom. The van der Waals surface area contributed by atoms with Gasteiger partial charge in [0, 0.05) is 6.61 Å². The molecule has 1 rings (SSSR count). The molecule has 70 valence electrons. The normalized spacial score (nSPS) is 10.9. The number of hydrogen-bond acceptors (Lipinski definition) is 2. The molecule has 0 spiro atoms. The fourth-order valence-electron chi connectivity index (χ4n) is 0.960. The Morgan fingerprint density at radius 1 is 1.46 bits per heavy atom. The molecule has 0 atom stereocenters. The summed E-state index contributed by atoms with van der Waals surface area (Å²) in [5.41, 5.74) is 6.35. The van der Waals surface area contributed by atoms with E-state index in [4.69, 9.17) is 10.8 Å². The van der Waals surface area contributed by atoms with Gasteiger partial charge in [-0.2, -0.15) is 0 Å². The first-order valence-electron chi connectivity index (χ1n) is 4.06. The van der Waals surface area contributed by atoms with Crippen molar-refractivity contribution in [2.24, 2.45) is 0 Å². The van der Waals surface area contributed by atoms with Crippen molar-refractivity contribution >= 4 is 11.8 Å². The van der Waals surface area contributed by atoms with E-state index in [1.54, 1.807) is 18.2 Å². The fourth-order valence-corrected chi connectivity index (χ4v) is 0.960. The Hall–Kier alpha value is -1.35. The molecule has 0 saturated carbocycles. The van der Waals surface area contributed by atoms with E-state index in [0.29, 0.717) is 6.42 Å². The molecular weight excluding hydrogens is 169 g/mol. The number of nitrogens with two attached hydrogens (primary N) is 1. The lowest BCUT2D eigenvalue weighted by molar-refractivity contribution is 0.303. The van der Waals surface area contributed by atoms with E-state index in [1.807, 2.05) is 6.08 Å². The summed E-state index contributed by atoms with van der Waals surface area (Å²) in [4.78, 5) is 0. The van der Waals surface area contributed by atoms with Crippen LogP contribution in [0.25, 0.3) is 6.08 Å². The van der Waals surface area contributed by atoms with Gasteiger partial charge < -0.3 is 10.8 Å². The highest BCUT2D eigenvalue weighted by atomic mass is 19.1. The molecule has 0 amide bonds. The Balaban J connectivity index is 2.73. The lowest BCUT2D eigenvalue weighted by Crippen LogP contribution is -1.90. The number of hydrogen-bond donors (Lipinski definition) is 2. The van der Waals surface area contributed by atoms with Crippen LogP contribution in [0.15, 0.2) is 24.3 Å². The van der Waals surface area contributed by atoms with E-state index < -0.39 is 5.82 Å². The molecule has 0 aliphatic carbocycles. The first-order chi connectivity index (χ1) is 6.24. The monoisotopic (exact) mass is 181 g/mol. The summed E-state index contributed by atoms with van der Waals surface area (Å²) in [7, 11) is 0. The Morgan fingerprint density at radius 3 is 2.85 bits per heavy atom. The van der Waals surface area contributed by atoms with E-state index >= 15 is 0 Å². The van der Waals surface area contributed by atoms with Crippen LogP contribution in [0.1, 0.15) is 12.0 Å². The summed E-state index contributed by atoms with van der Waals surface area (Å²) in [6.07, 6.45) is 4.20. The van der Waals surface area contributed by atoms with E-state index in [2.05, 4.69) is 0 Å². The highest BCUT2D eigenvalue weighted by Crippen LogP contribution is 2.13. The largest absolute Gasteiger partial charge is 0.396 e. The third kappa shape index (κ3) is 2.87. The summed E-state index contributed by atoms with van der Waals surface area (Å²) in [5.74, 6) is -0.403. The molecule has 2 nitrogen and oxygen atoms in total. The molecule has 0 fully saturated rings. The van der Waals surface area contributed by atoms with Gasteiger partial charge in [-0.3, -0.25) is 0 Å². The van der Waals surface area contributed by atoms with Crippen LogP contribution in [0.2, 0.25) is 0 Å². The minimum atomic E-state index is -0.403. The highest BCUT2D eigenvalue weighted by Gasteiger charge is 1.96. The first-order valence-corrected chi connectivity index (χ1v) is 4.06. The van der Waals surface area contributed by atoms with Crippen molar-refractivity contribution in [1.82, 2.24) is 0 Å². The minimum absolute atomic E-state index is 0.118. The van der Waals surface area contributed by atoms with Gasteiger partial charge >= 0.3 is 0 Å². The number of halogens is 1. The van der Waals surface area contributed by atoms with Gasteiger partial charge in [-0.25, -0.2) is 4.39 Å². The van der Waals surface area contributed by atoms with Gasteiger partial charge in [0.1, 0.15) is 5.82 Å². The zero-order chi connectivity index (χ0) is 9.68. The van der Waals surface area contributed by atoms with Crippen LogP contribution < -0.4 is 5.73 Å². The Kier molecular flexibility index (Phi) is 3.46. The average Bonchev–Trinajstić information content (AvgIpc) is 2.12. The fraction of sp³-hybridized carbons (Fsp3) is 0.200. The minimum Gasteiger partial charge on any atom is -0.396 e. The van der Waals surface area contributed by atoms with Gasteiger partial charge in [0.15, 0.2) is 0 Å². The quantitative estimate of drug-likeness (QED) is 0.698. The number of rotatable bonds is 3. The van der Waals surface area contributed by atoms with Gasteiger partial charge in [0.2, 0.25) is 0 Å². The maximum Gasteiger partial charge on any atom is 0.146 e. The molecule has 0 heterocycles. The van der Waals surface area contributed by atoms with Crippen molar-refractivity contribution in [2.75, 3.05) is 12.3 Å². The number of aliphatic hydroxyl groups excluding tert-OH is 1. The summed E-state index contributed by atoms with van der Waals surface area (Å²) in [6, 6.07) is 4.52. The van der Waals surface area contributed by atoms with Crippen LogP contribution in [0.3, 0.4) is 0 Å². The molecule has 3 N–H and O–H groups in total. The second-order valence-corrected chi connectivity index (χ2v) is 2.70. The van der Waals surface area contributed by atoms with Gasteiger partial charge in [-0.1, -0.05) is 18.2 Å². The van der Waals surface area contributed by atoms with Crippen LogP contribution in [0.5, 0.6) is 0 Å². The van der Waals surface area contributed by atoms with Crippen molar-refractivity contribution in [1.29, 1.82) is 0 Å². The Labute approximate surface area is 76.5 Å². The average molecular weight is 181 g/mol. The van der Waals surface area contributed by atoms with Gasteiger partial charge in [-0.05, 0) is 24.1 Å². The highest BCUT2D eigenvalue weighted by molar-refractivity contribution is 5.55. The van der Waals surface area contributed by atoms with Crippen LogP contribution in [0, 0.1) is 5.82 Å². The molecule has 0 bridgehead atoms. The van der Waals surface area contributed by atoms with Gasteiger partial charge in [0.05, 0.1) is 5.69 Å². The maximum atomic E-state index is 12.7. The van der Waals surface area contributed by atoms with Crippen LogP contribution in [0.4, 0.5) is 10.1 Å². The third-order valence-electron chi connectivity index (χ3n) is 1.63. The SMILES string of the molecule is Nc1cc(C=CCCO)ccc1F. The topological polar surface area (TPSA) is 46.2 Å². The van der Waals surface area contributed by atoms with Crippen LogP contribution in [-0.4, -0.2) is 11.7 Å². The standard InChI is InChI=1S/C10H12FNO/c11-9-5-4-8(7-10(9)12)3-1-2-6-13/h1,3-5,7,13H,2,6,12H2. The number of anilines is 1. The van der Waals surface area contributed by atoms with Gasteiger partial charge in [0.25, 0.3) is 0 Å². The molecule has 0 radical (unpaired) electrons. The van der Waals surface area contributed by atoms with Crippen LogP contribution in [-0.2, 0) is 0 Å². The molecule has 0 aromatic heterocycles. The number of benzene rings is 1. The van der Waals surface area contributed by atoms with E-state index in [1.165, 1.54) is 6.07 Å². The summed E-state index contributed by atoms with van der Waals surface area (Å²) < 4.78 is 12.7. The Bertz CT molecular complexity index is 310. The molecule has 0 unspecified atom stereocenters. The predicted molar refractivity (Wildman–Crippen MR) is 51.5 cm³/mol. The molecule has 1 aromatic rings. The molecular formula is C10H12FNO. The summed E-state index contributed by atoms with van der Waals surface area (Å²) >= 11 is 0. The summed E-state index contributed by atoms with van der Waals surface area (Å²) in [6.45, 7) is 0.118. The van der Waals surface area contributed by atoms with E-state index in [9.17, 15) is 4.39 Å². The van der Waals surface area contributed by atoms with Crippen molar-refractivity contribution in [3.63, 3.8) is 0 Å². The number of aliphatic hydroxyl groups is 1. The zero-order valence-electron chi connectivity index (χ0n) is 7.20. The molecule has 13 heavy (non-hydrogen) atoms. The van der Waals surface area contributed by atoms with Crippen LogP contribution >= 0.6 is 0 Å². The molecule has 1 aromatic carbocycles. The lowest BCUT2D eigenvalue weighted by Gasteiger charge is -1.97. The lowest BCUT2D eigenvalue weighted by atomic mass is 10.2. The predicted octanol–water partition coefficient (Wildman–Crippen LogP) is 1.80. The van der Waals surface area contributed by atoms with Crippen molar-refractivity contribution in [3.8, 4) is 0 Å². The smallest absolute Gasteiger partial charge is 0.146 e. The second-order valence-electron chi connectivity index (χ2n) is 2.70. The van der Waals surface area contributed by atoms with Crippen molar-refractivity contribution < 1.29 is 9.50 Å². The third-order valence-corrected chi connectivity index (χ3v) is 1.63. The maximum absolute atomic E-state index is 12.7. The first kappa shape index (κ1) is 9.74. The van der Waals surface area contributed by atoms with Gasteiger partial charge in [-0.15, -0.1) is 0 Å². The molecule has 3 heteroatoms.